The third kappa shape index (κ3) is 6.20. The van der Waals surface area contributed by atoms with Crippen molar-refractivity contribution in [2.75, 3.05) is 38.2 Å². The standard InChI is InChI=1S/C34H40ClN9O/c1-3-42(2)31(22-36)34(45,26-12-10-24(11-13-26)23-37-16-19-43-17-5-4-6-18-43)27-14-15-30-29(21-27)32(25-8-7-9-28(35)20-25)38-33-39-40-41-44(30)33/h3,7-15,20-22,37,40-41,45H,1,4-6,16-19,23,36H2,2H3/b31-22-. The van der Waals surface area contributed by atoms with Crippen LogP contribution in [0.5, 0.6) is 0 Å². The molecule has 3 aromatic rings. The summed E-state index contributed by atoms with van der Waals surface area (Å²) in [6.07, 6.45) is 7.00. The van der Waals surface area contributed by atoms with E-state index in [9.17, 15) is 5.11 Å². The number of likely N-dealkylation sites (N-methyl/N-ethyl adjacent to an activating group) is 1. The molecule has 3 heterocycles. The van der Waals surface area contributed by atoms with Crippen LogP contribution in [0.2, 0.25) is 5.02 Å². The van der Waals surface area contributed by atoms with Crippen LogP contribution in [0.15, 0.2) is 101 Å². The van der Waals surface area contributed by atoms with Crippen LogP contribution >= 0.6 is 11.6 Å². The maximum atomic E-state index is 12.8. The van der Waals surface area contributed by atoms with Gasteiger partial charge >= 0.3 is 0 Å². The van der Waals surface area contributed by atoms with Gasteiger partial charge in [0.25, 0.3) is 5.96 Å². The van der Waals surface area contributed by atoms with Crippen molar-refractivity contribution in [3.63, 3.8) is 0 Å². The van der Waals surface area contributed by atoms with E-state index < -0.39 is 5.60 Å². The minimum Gasteiger partial charge on any atom is -0.403 e. The van der Waals surface area contributed by atoms with Gasteiger partial charge in [-0.1, -0.05) is 67.1 Å². The van der Waals surface area contributed by atoms with Gasteiger partial charge < -0.3 is 26.0 Å². The average molecular weight is 626 g/mol. The largest absolute Gasteiger partial charge is 0.403 e. The van der Waals surface area contributed by atoms with Gasteiger partial charge in [-0.2, -0.15) is 0 Å². The second kappa shape index (κ2) is 13.4. The van der Waals surface area contributed by atoms with E-state index in [1.165, 1.54) is 38.6 Å². The number of hydrogen-bond donors (Lipinski definition) is 5. The lowest BCUT2D eigenvalue weighted by Crippen LogP contribution is -2.44. The number of guanidine groups is 1. The van der Waals surface area contributed by atoms with Crippen molar-refractivity contribution in [1.29, 1.82) is 0 Å². The fourth-order valence-electron chi connectivity index (χ4n) is 6.20. The second-order valence-corrected chi connectivity index (χ2v) is 11.9. The fraction of sp³-hybridized carbons (Fsp3) is 0.294. The third-order valence-corrected chi connectivity index (χ3v) is 8.91. The number of nitrogens with zero attached hydrogens (tertiary/aromatic N) is 5. The number of nitrogens with one attached hydrogen (secondary N) is 3. The summed E-state index contributed by atoms with van der Waals surface area (Å²) in [6.45, 7) is 9.06. The van der Waals surface area contributed by atoms with Crippen molar-refractivity contribution in [2.45, 2.75) is 31.4 Å². The molecule has 0 radical (unpaired) electrons. The normalized spacial score (nSPS) is 17.8. The Balaban J connectivity index is 1.34. The number of rotatable bonds is 11. The molecule has 0 bridgehead atoms. The number of hydrogen-bond acceptors (Lipinski definition) is 10. The summed E-state index contributed by atoms with van der Waals surface area (Å²) in [4.78, 5) is 9.10. The Morgan fingerprint density at radius 2 is 1.89 bits per heavy atom. The Morgan fingerprint density at radius 1 is 1.11 bits per heavy atom. The summed E-state index contributed by atoms with van der Waals surface area (Å²) >= 11 is 6.38. The molecule has 3 aliphatic rings. The van der Waals surface area contributed by atoms with Crippen molar-refractivity contribution in [3.8, 4) is 0 Å². The van der Waals surface area contributed by atoms with E-state index in [0.717, 1.165) is 42.0 Å². The number of fused-ring (bicyclic) bond motifs is 3. The second-order valence-electron chi connectivity index (χ2n) is 11.5. The molecular weight excluding hydrogens is 586 g/mol. The Labute approximate surface area is 269 Å². The van der Waals surface area contributed by atoms with Crippen molar-refractivity contribution in [3.05, 3.63) is 124 Å². The van der Waals surface area contributed by atoms with Crippen LogP contribution in [0.25, 0.3) is 0 Å². The monoisotopic (exact) mass is 625 g/mol. The van der Waals surface area contributed by atoms with Gasteiger partial charge in [-0.15, -0.1) is 10.6 Å². The fourth-order valence-corrected chi connectivity index (χ4v) is 6.39. The highest BCUT2D eigenvalue weighted by atomic mass is 35.5. The van der Waals surface area contributed by atoms with Gasteiger partial charge in [0.05, 0.1) is 17.1 Å². The minimum absolute atomic E-state index is 0.463. The van der Waals surface area contributed by atoms with Gasteiger partial charge in [-0.3, -0.25) is 0 Å². The van der Waals surface area contributed by atoms with Gasteiger partial charge in [0, 0.05) is 49.0 Å². The summed E-state index contributed by atoms with van der Waals surface area (Å²) in [5.41, 5.74) is 16.4. The molecule has 45 heavy (non-hydrogen) atoms. The van der Waals surface area contributed by atoms with Crippen LogP contribution in [0.4, 0.5) is 5.69 Å². The highest BCUT2D eigenvalue weighted by Crippen LogP contribution is 2.41. The number of likely N-dealkylation sites (tertiary alicyclic amines) is 1. The zero-order valence-electron chi connectivity index (χ0n) is 25.5. The van der Waals surface area contributed by atoms with Gasteiger partial charge in [0.15, 0.2) is 5.60 Å². The topological polar surface area (TPSA) is 117 Å². The predicted octanol–water partition coefficient (Wildman–Crippen LogP) is 3.98. The molecular formula is C34H40ClN9O. The quantitative estimate of drug-likeness (QED) is 0.203. The van der Waals surface area contributed by atoms with Crippen LogP contribution < -0.4 is 27.1 Å². The lowest BCUT2D eigenvalue weighted by Gasteiger charge is -2.37. The molecule has 11 heteroatoms. The molecule has 0 aliphatic carbocycles. The summed E-state index contributed by atoms with van der Waals surface area (Å²) in [5, 5.41) is 23.0. The van der Waals surface area contributed by atoms with Crippen LogP contribution in [-0.2, 0) is 12.1 Å². The lowest BCUT2D eigenvalue weighted by atomic mass is 9.81. The Hall–Kier alpha value is -4.19. The first kappa shape index (κ1) is 30.8. The first-order valence-electron chi connectivity index (χ1n) is 15.3. The molecule has 10 nitrogen and oxygen atoms in total. The molecule has 1 atom stereocenters. The molecule has 0 aromatic heterocycles. The minimum atomic E-state index is -1.61. The molecule has 234 valence electrons. The van der Waals surface area contributed by atoms with Gasteiger partial charge in [-0.25, -0.2) is 15.5 Å². The number of nitrogens with two attached hydrogens (primary N) is 1. The SMILES string of the molecule is C=CN(C)/C(=C\N)C(O)(c1ccc(CNCCN2CCCCC2)cc1)c1ccc2c(c1)C(c1cccc(Cl)c1)=NC1=NNNN12. The summed E-state index contributed by atoms with van der Waals surface area (Å²) in [7, 11) is 1.82. The number of hydrazone groups is 1. The number of piperidine rings is 1. The predicted molar refractivity (Wildman–Crippen MR) is 181 cm³/mol. The van der Waals surface area contributed by atoms with Crippen LogP contribution in [0.3, 0.4) is 0 Å². The van der Waals surface area contributed by atoms with Crippen LogP contribution in [0, 0.1) is 0 Å². The number of aliphatic hydroxyl groups is 1. The Morgan fingerprint density at radius 3 is 2.62 bits per heavy atom. The Bertz CT molecular complexity index is 1630. The van der Waals surface area contributed by atoms with E-state index in [-0.39, 0.29) is 0 Å². The maximum absolute atomic E-state index is 12.8. The van der Waals surface area contributed by atoms with E-state index in [4.69, 9.17) is 22.3 Å². The van der Waals surface area contributed by atoms with Crippen LogP contribution in [-0.4, -0.2) is 59.8 Å². The molecule has 0 spiro atoms. The van der Waals surface area contributed by atoms with Crippen LogP contribution in [0.1, 0.15) is 47.1 Å². The van der Waals surface area contributed by atoms with Gasteiger partial charge in [0.2, 0.25) is 0 Å². The van der Waals surface area contributed by atoms with E-state index in [1.54, 1.807) is 16.1 Å². The number of benzene rings is 3. The van der Waals surface area contributed by atoms with E-state index in [1.807, 2.05) is 61.6 Å². The highest BCUT2D eigenvalue weighted by molar-refractivity contribution is 6.32. The van der Waals surface area contributed by atoms with E-state index in [0.29, 0.717) is 33.5 Å². The molecule has 6 rings (SSSR count). The van der Waals surface area contributed by atoms with Crippen molar-refractivity contribution in [2.24, 2.45) is 15.8 Å². The summed E-state index contributed by atoms with van der Waals surface area (Å²) < 4.78 is 0. The average Bonchev–Trinajstić information content (AvgIpc) is 3.56. The molecule has 1 saturated heterocycles. The molecule has 3 aromatic carbocycles. The first-order chi connectivity index (χ1) is 21.9. The van der Waals surface area contributed by atoms with Crippen molar-refractivity contribution < 1.29 is 5.11 Å². The summed E-state index contributed by atoms with van der Waals surface area (Å²) in [6, 6.07) is 21.3. The molecule has 3 aliphatic heterocycles. The zero-order chi connectivity index (χ0) is 31.4. The molecule has 6 N–H and O–H groups in total. The van der Waals surface area contributed by atoms with Crippen molar-refractivity contribution >= 4 is 29.0 Å². The van der Waals surface area contributed by atoms with E-state index in [2.05, 4.69) is 45.1 Å². The summed E-state index contributed by atoms with van der Waals surface area (Å²) in [5.74, 6) is 0.467. The molecule has 0 saturated carbocycles. The number of hydrazine groups is 2. The number of anilines is 1. The highest BCUT2D eigenvalue weighted by Gasteiger charge is 2.40. The van der Waals surface area contributed by atoms with E-state index >= 15 is 0 Å². The molecule has 1 unspecified atom stereocenters. The lowest BCUT2D eigenvalue weighted by molar-refractivity contribution is 0.0967. The number of aliphatic imine (C=N–C) groups is 1. The smallest absolute Gasteiger partial charge is 0.265 e. The third-order valence-electron chi connectivity index (χ3n) is 8.67. The van der Waals surface area contributed by atoms with Crippen molar-refractivity contribution in [1.82, 2.24) is 26.2 Å². The Kier molecular flexibility index (Phi) is 9.20. The number of halogens is 1. The molecule has 0 amide bonds. The van der Waals surface area contributed by atoms with Gasteiger partial charge in [-0.05, 0) is 73.1 Å². The first-order valence-corrected chi connectivity index (χ1v) is 15.7. The zero-order valence-corrected chi connectivity index (χ0v) is 26.3. The molecule has 1 fully saturated rings. The van der Waals surface area contributed by atoms with Gasteiger partial charge in [0.1, 0.15) is 0 Å². The maximum Gasteiger partial charge on any atom is 0.265 e.